The lowest BCUT2D eigenvalue weighted by Gasteiger charge is -2.16. The fourth-order valence-electron chi connectivity index (χ4n) is 1.56. The predicted molar refractivity (Wildman–Crippen MR) is 67.9 cm³/mol. The summed E-state index contributed by atoms with van der Waals surface area (Å²) in [7, 11) is 5.63. The number of nitrogens with zero attached hydrogens (tertiary/aromatic N) is 2. The highest BCUT2D eigenvalue weighted by molar-refractivity contribution is 5.38. The van der Waals surface area contributed by atoms with E-state index in [1.165, 1.54) is 0 Å². The van der Waals surface area contributed by atoms with Crippen molar-refractivity contribution in [2.75, 3.05) is 34.3 Å². The average Bonchev–Trinajstić information content (AvgIpc) is 2.34. The molecule has 4 nitrogen and oxygen atoms in total. The van der Waals surface area contributed by atoms with Crippen LogP contribution in [0.4, 0.5) is 0 Å². The van der Waals surface area contributed by atoms with Gasteiger partial charge in [0.15, 0.2) is 0 Å². The zero-order valence-corrected chi connectivity index (χ0v) is 10.6. The van der Waals surface area contributed by atoms with Crippen LogP contribution in [-0.4, -0.2) is 39.2 Å². The van der Waals surface area contributed by atoms with Gasteiger partial charge < -0.3 is 9.64 Å². The van der Waals surface area contributed by atoms with Crippen molar-refractivity contribution in [2.24, 2.45) is 0 Å². The second-order valence-electron chi connectivity index (χ2n) is 4.06. The number of hydrogen-bond donors (Lipinski definition) is 1. The fraction of sp³-hybridized carbons (Fsp3) is 0.462. The lowest BCUT2D eigenvalue weighted by Crippen LogP contribution is -2.29. The molecule has 0 aliphatic rings. The van der Waals surface area contributed by atoms with Gasteiger partial charge in [0.05, 0.1) is 13.2 Å². The Hall–Kier alpha value is -1.57. The maximum Gasteiger partial charge on any atom is 0.124 e. The summed E-state index contributed by atoms with van der Waals surface area (Å²) in [5.41, 5.74) is 0.885. The van der Waals surface area contributed by atoms with E-state index in [4.69, 9.17) is 4.74 Å². The molecule has 0 amide bonds. The minimum Gasteiger partial charge on any atom is -0.496 e. The van der Waals surface area contributed by atoms with E-state index in [-0.39, 0.29) is 6.04 Å². The highest BCUT2D eigenvalue weighted by Crippen LogP contribution is 2.23. The smallest absolute Gasteiger partial charge is 0.124 e. The molecule has 0 aliphatic heterocycles. The zero-order valence-electron chi connectivity index (χ0n) is 10.6. The molecule has 0 spiro atoms. The number of likely N-dealkylation sites (N-methyl/N-ethyl adjacent to an activating group) is 1. The molecule has 0 aliphatic carbocycles. The number of nitriles is 1. The molecule has 1 rings (SSSR count). The summed E-state index contributed by atoms with van der Waals surface area (Å²) in [6.07, 6.45) is 0. The van der Waals surface area contributed by atoms with Crippen LogP contribution in [0, 0.1) is 11.3 Å². The Bertz CT molecular complexity index is 384. The lowest BCUT2D eigenvalue weighted by atomic mass is 10.1. The number of ether oxygens (including phenoxy) is 1. The fourth-order valence-corrected chi connectivity index (χ4v) is 1.56. The summed E-state index contributed by atoms with van der Waals surface area (Å²) < 4.78 is 5.25. The van der Waals surface area contributed by atoms with E-state index in [1.807, 2.05) is 38.4 Å². The van der Waals surface area contributed by atoms with Crippen LogP contribution in [0.15, 0.2) is 24.3 Å². The van der Waals surface area contributed by atoms with Crippen LogP contribution in [0.5, 0.6) is 5.75 Å². The Morgan fingerprint density at radius 1 is 1.41 bits per heavy atom. The Morgan fingerprint density at radius 3 is 2.71 bits per heavy atom. The van der Waals surface area contributed by atoms with Crippen LogP contribution in [0.2, 0.25) is 0 Å². The summed E-state index contributed by atoms with van der Waals surface area (Å²) in [6, 6.07) is 9.52. The average molecular weight is 233 g/mol. The van der Waals surface area contributed by atoms with Gasteiger partial charge in [0, 0.05) is 18.7 Å². The monoisotopic (exact) mass is 233 g/mol. The Balaban J connectivity index is 2.70. The summed E-state index contributed by atoms with van der Waals surface area (Å²) in [5, 5.41) is 12.4. The molecule has 92 valence electrons. The minimum atomic E-state index is -0.328. The third kappa shape index (κ3) is 4.06. The molecule has 4 heteroatoms. The first-order chi connectivity index (χ1) is 8.19. The molecule has 1 aromatic rings. The van der Waals surface area contributed by atoms with Crippen molar-refractivity contribution in [2.45, 2.75) is 6.04 Å². The van der Waals surface area contributed by atoms with E-state index in [2.05, 4.69) is 16.3 Å². The van der Waals surface area contributed by atoms with Crippen molar-refractivity contribution in [1.82, 2.24) is 10.2 Å². The lowest BCUT2D eigenvalue weighted by molar-refractivity contribution is 0.386. The van der Waals surface area contributed by atoms with E-state index >= 15 is 0 Å². The molecule has 1 N–H and O–H groups in total. The van der Waals surface area contributed by atoms with Gasteiger partial charge in [-0.1, -0.05) is 18.2 Å². The molecule has 0 aromatic heterocycles. The molecule has 0 saturated heterocycles. The van der Waals surface area contributed by atoms with E-state index in [0.29, 0.717) is 0 Å². The maximum absolute atomic E-state index is 9.18. The van der Waals surface area contributed by atoms with Crippen LogP contribution in [0.1, 0.15) is 11.6 Å². The molecule has 17 heavy (non-hydrogen) atoms. The van der Waals surface area contributed by atoms with Crippen LogP contribution in [0.25, 0.3) is 0 Å². The van der Waals surface area contributed by atoms with Gasteiger partial charge in [-0.25, -0.2) is 0 Å². The number of hydrogen-bond acceptors (Lipinski definition) is 4. The summed E-state index contributed by atoms with van der Waals surface area (Å²) >= 11 is 0. The van der Waals surface area contributed by atoms with Crippen molar-refractivity contribution < 1.29 is 4.74 Å². The highest BCUT2D eigenvalue weighted by Gasteiger charge is 2.13. The Labute approximate surface area is 103 Å². The summed E-state index contributed by atoms with van der Waals surface area (Å²) in [6.45, 7) is 1.66. The number of nitrogens with one attached hydrogen (secondary N) is 1. The van der Waals surface area contributed by atoms with Crippen LogP contribution >= 0.6 is 0 Å². The van der Waals surface area contributed by atoms with Gasteiger partial charge in [0.2, 0.25) is 0 Å². The summed E-state index contributed by atoms with van der Waals surface area (Å²) in [5.74, 6) is 0.747. The van der Waals surface area contributed by atoms with Crippen molar-refractivity contribution in [3.05, 3.63) is 29.8 Å². The maximum atomic E-state index is 9.18. The zero-order chi connectivity index (χ0) is 12.7. The van der Waals surface area contributed by atoms with E-state index in [1.54, 1.807) is 7.11 Å². The van der Waals surface area contributed by atoms with Crippen molar-refractivity contribution >= 4 is 0 Å². The number of benzene rings is 1. The molecule has 0 bridgehead atoms. The topological polar surface area (TPSA) is 48.3 Å². The number of rotatable bonds is 6. The van der Waals surface area contributed by atoms with E-state index < -0.39 is 0 Å². The molecule has 0 radical (unpaired) electrons. The first-order valence-electron chi connectivity index (χ1n) is 5.59. The largest absolute Gasteiger partial charge is 0.496 e. The van der Waals surface area contributed by atoms with Crippen molar-refractivity contribution in [3.63, 3.8) is 0 Å². The third-order valence-electron chi connectivity index (χ3n) is 2.49. The molecule has 0 heterocycles. The van der Waals surface area contributed by atoms with Crippen LogP contribution in [0.3, 0.4) is 0 Å². The van der Waals surface area contributed by atoms with Gasteiger partial charge in [-0.2, -0.15) is 5.26 Å². The Kier molecular flexibility index (Phi) is 5.47. The molecule has 1 atom stereocenters. The quantitative estimate of drug-likeness (QED) is 0.807. The van der Waals surface area contributed by atoms with Crippen LogP contribution in [-0.2, 0) is 0 Å². The second-order valence-corrected chi connectivity index (χ2v) is 4.06. The first-order valence-corrected chi connectivity index (χ1v) is 5.59. The van der Waals surface area contributed by atoms with Gasteiger partial charge in [-0.05, 0) is 20.2 Å². The normalized spacial score (nSPS) is 12.2. The van der Waals surface area contributed by atoms with Gasteiger partial charge in [0.25, 0.3) is 0 Å². The number of methoxy groups -OCH3 is 1. The van der Waals surface area contributed by atoms with Crippen LogP contribution < -0.4 is 10.1 Å². The SMILES string of the molecule is COc1ccccc1C(C#N)NCCN(C)C. The van der Waals surface area contributed by atoms with Gasteiger partial charge in [0.1, 0.15) is 11.8 Å². The van der Waals surface area contributed by atoms with E-state index in [9.17, 15) is 5.26 Å². The summed E-state index contributed by atoms with van der Waals surface area (Å²) in [4.78, 5) is 2.07. The minimum absolute atomic E-state index is 0.328. The molecule has 0 fully saturated rings. The van der Waals surface area contributed by atoms with Gasteiger partial charge in [-0.3, -0.25) is 5.32 Å². The van der Waals surface area contributed by atoms with Crippen molar-refractivity contribution in [3.8, 4) is 11.8 Å². The van der Waals surface area contributed by atoms with E-state index in [0.717, 1.165) is 24.4 Å². The first kappa shape index (κ1) is 13.5. The predicted octanol–water partition coefficient (Wildman–Crippen LogP) is 1.41. The standard InChI is InChI=1S/C13H19N3O/c1-16(2)9-8-15-12(10-14)11-6-4-5-7-13(11)17-3/h4-7,12,15H,8-9H2,1-3H3. The highest BCUT2D eigenvalue weighted by atomic mass is 16.5. The molecule has 1 unspecified atom stereocenters. The molecule has 0 saturated carbocycles. The van der Waals surface area contributed by atoms with Gasteiger partial charge in [-0.15, -0.1) is 0 Å². The molecular formula is C13H19N3O. The second kappa shape index (κ2) is 6.89. The third-order valence-corrected chi connectivity index (χ3v) is 2.49. The van der Waals surface area contributed by atoms with Crippen molar-refractivity contribution in [1.29, 1.82) is 5.26 Å². The molecule has 1 aromatic carbocycles. The number of para-hydroxylation sites is 1. The molecular weight excluding hydrogens is 214 g/mol. The Morgan fingerprint density at radius 2 is 2.12 bits per heavy atom. The van der Waals surface area contributed by atoms with Gasteiger partial charge >= 0.3 is 0 Å².